The van der Waals surface area contributed by atoms with Gasteiger partial charge in [0, 0.05) is 35.4 Å². The number of rotatable bonds is 6. The maximum Gasteiger partial charge on any atom is 0.267 e. The number of fused-ring (bicyclic) bond motifs is 1. The molecule has 158 valence electrons. The van der Waals surface area contributed by atoms with Gasteiger partial charge < -0.3 is 14.7 Å². The topological polar surface area (TPSA) is 74.0 Å². The molecule has 2 aromatic carbocycles. The molecule has 0 radical (unpaired) electrons. The summed E-state index contributed by atoms with van der Waals surface area (Å²) in [6.45, 7) is 6.84. The number of hydrogen-bond acceptors (Lipinski definition) is 3. The van der Waals surface area contributed by atoms with Gasteiger partial charge in [0.2, 0.25) is 0 Å². The largest absolute Gasteiger partial charge is 0.456 e. The Morgan fingerprint density at radius 2 is 1.97 bits per heavy atom. The molecule has 1 fully saturated rings. The normalized spacial score (nSPS) is 13.8. The highest BCUT2D eigenvalue weighted by Gasteiger charge is 2.33. The number of carbonyl (C=O) groups excluding carboxylic acids is 1. The molecule has 0 atom stereocenters. The number of nitrogens with zero attached hydrogens (tertiary/aromatic N) is 2. The monoisotopic (exact) mass is 413 g/mol. The molecule has 1 aliphatic rings. The highest BCUT2D eigenvalue weighted by Crippen LogP contribution is 2.41. The third kappa shape index (κ3) is 3.34. The molecular formula is C26H27N3O2. The molecule has 5 heteroatoms. The third-order valence-electron chi connectivity index (χ3n) is 6.32. The summed E-state index contributed by atoms with van der Waals surface area (Å²) in [6.07, 6.45) is 2.93. The van der Waals surface area contributed by atoms with Crippen LogP contribution in [0.3, 0.4) is 0 Å². The number of benzene rings is 2. The predicted octanol–water partition coefficient (Wildman–Crippen LogP) is 5.50. The van der Waals surface area contributed by atoms with E-state index in [0.717, 1.165) is 64.2 Å². The minimum Gasteiger partial charge on any atom is -0.456 e. The Morgan fingerprint density at radius 1 is 1.19 bits per heavy atom. The quantitative estimate of drug-likeness (QED) is 0.453. The van der Waals surface area contributed by atoms with Crippen LogP contribution >= 0.6 is 0 Å². The fourth-order valence-corrected chi connectivity index (χ4v) is 4.49. The third-order valence-corrected chi connectivity index (χ3v) is 6.32. The molecular weight excluding hydrogens is 386 g/mol. The van der Waals surface area contributed by atoms with E-state index in [2.05, 4.69) is 45.0 Å². The first-order valence-electron chi connectivity index (χ1n) is 10.9. The van der Waals surface area contributed by atoms with Gasteiger partial charge in [0.05, 0.1) is 5.69 Å². The van der Waals surface area contributed by atoms with Gasteiger partial charge in [0.25, 0.3) is 5.91 Å². The first kappa shape index (κ1) is 19.6. The standard InChI is InChI=1S/C26H27N3O2/c1-4-22-28-23(18-10-11-18)24(26(27)30)29(22)14-17-9-12-21-20(13-17)16(3)25(31-21)19-8-6-5-7-15(19)2/h5-9,12-13,18H,4,10-11,14H2,1-3H3,(H2,27,30). The van der Waals surface area contributed by atoms with Crippen molar-refractivity contribution in [2.75, 3.05) is 0 Å². The summed E-state index contributed by atoms with van der Waals surface area (Å²) in [5, 5.41) is 1.09. The molecule has 0 saturated heterocycles. The molecule has 31 heavy (non-hydrogen) atoms. The van der Waals surface area contributed by atoms with E-state index in [4.69, 9.17) is 15.1 Å². The van der Waals surface area contributed by atoms with Crippen molar-refractivity contribution < 1.29 is 9.21 Å². The molecule has 1 amide bonds. The van der Waals surface area contributed by atoms with Gasteiger partial charge in [-0.15, -0.1) is 0 Å². The summed E-state index contributed by atoms with van der Waals surface area (Å²) >= 11 is 0. The number of aromatic nitrogens is 2. The summed E-state index contributed by atoms with van der Waals surface area (Å²) in [5.74, 6) is 1.82. The zero-order valence-electron chi connectivity index (χ0n) is 18.2. The molecule has 0 bridgehead atoms. The molecule has 4 aromatic rings. The van der Waals surface area contributed by atoms with Gasteiger partial charge in [-0.3, -0.25) is 4.79 Å². The van der Waals surface area contributed by atoms with E-state index in [1.54, 1.807) is 0 Å². The fraction of sp³-hybridized carbons (Fsp3) is 0.308. The first-order valence-corrected chi connectivity index (χ1v) is 10.9. The molecule has 2 heterocycles. The summed E-state index contributed by atoms with van der Waals surface area (Å²) in [4.78, 5) is 17.1. The molecule has 0 spiro atoms. The number of nitrogens with two attached hydrogens (primary N) is 1. The van der Waals surface area contributed by atoms with Crippen LogP contribution in [0.1, 0.15) is 64.4 Å². The van der Waals surface area contributed by atoms with E-state index < -0.39 is 5.91 Å². The Labute approximate surface area is 181 Å². The van der Waals surface area contributed by atoms with Crippen LogP contribution in [0.25, 0.3) is 22.3 Å². The lowest BCUT2D eigenvalue weighted by Crippen LogP contribution is -2.20. The summed E-state index contributed by atoms with van der Waals surface area (Å²) in [5.41, 5.74) is 12.6. The lowest BCUT2D eigenvalue weighted by Gasteiger charge is -2.10. The van der Waals surface area contributed by atoms with Crippen molar-refractivity contribution in [2.45, 2.75) is 52.5 Å². The van der Waals surface area contributed by atoms with Gasteiger partial charge >= 0.3 is 0 Å². The Bertz CT molecular complexity index is 1310. The number of imidazole rings is 1. The molecule has 0 aliphatic heterocycles. The average Bonchev–Trinajstić information content (AvgIpc) is 3.47. The second-order valence-electron chi connectivity index (χ2n) is 8.54. The number of primary amides is 1. The molecule has 1 saturated carbocycles. The van der Waals surface area contributed by atoms with Crippen LogP contribution in [0.15, 0.2) is 46.9 Å². The van der Waals surface area contributed by atoms with Crippen molar-refractivity contribution >= 4 is 16.9 Å². The van der Waals surface area contributed by atoms with Crippen molar-refractivity contribution in [3.63, 3.8) is 0 Å². The minimum absolute atomic E-state index is 0.379. The number of aryl methyl sites for hydroxylation is 3. The van der Waals surface area contributed by atoms with Gasteiger partial charge in [-0.2, -0.15) is 0 Å². The van der Waals surface area contributed by atoms with Gasteiger partial charge in [-0.25, -0.2) is 4.98 Å². The van der Waals surface area contributed by atoms with Crippen LogP contribution in [0, 0.1) is 13.8 Å². The van der Waals surface area contributed by atoms with E-state index in [1.165, 1.54) is 5.56 Å². The zero-order chi connectivity index (χ0) is 21.7. The molecule has 2 N–H and O–H groups in total. The highest BCUT2D eigenvalue weighted by molar-refractivity contribution is 5.93. The fourth-order valence-electron chi connectivity index (χ4n) is 4.49. The van der Waals surface area contributed by atoms with Crippen molar-refractivity contribution in [1.82, 2.24) is 9.55 Å². The van der Waals surface area contributed by atoms with Crippen LogP contribution in [-0.2, 0) is 13.0 Å². The molecule has 0 unspecified atom stereocenters. The Balaban J connectivity index is 1.58. The van der Waals surface area contributed by atoms with Gasteiger partial charge in [-0.05, 0) is 49.9 Å². The van der Waals surface area contributed by atoms with E-state index in [1.807, 2.05) is 22.8 Å². The van der Waals surface area contributed by atoms with Gasteiger partial charge in [0.15, 0.2) is 0 Å². The first-order chi connectivity index (χ1) is 15.0. The summed E-state index contributed by atoms with van der Waals surface area (Å²) in [7, 11) is 0. The summed E-state index contributed by atoms with van der Waals surface area (Å²) < 4.78 is 8.24. The second-order valence-corrected chi connectivity index (χ2v) is 8.54. The summed E-state index contributed by atoms with van der Waals surface area (Å²) in [6, 6.07) is 14.5. The predicted molar refractivity (Wildman–Crippen MR) is 122 cm³/mol. The number of furan rings is 1. The molecule has 5 rings (SSSR count). The SMILES string of the molecule is CCc1nc(C2CC2)c(C(N)=O)n1Cc1ccc2oc(-c3ccccc3C)c(C)c2c1. The maximum atomic E-state index is 12.3. The van der Waals surface area contributed by atoms with E-state index >= 15 is 0 Å². The van der Waals surface area contributed by atoms with E-state index in [-0.39, 0.29) is 0 Å². The smallest absolute Gasteiger partial charge is 0.267 e. The highest BCUT2D eigenvalue weighted by atomic mass is 16.3. The van der Waals surface area contributed by atoms with Crippen LogP contribution in [-0.4, -0.2) is 15.5 Å². The van der Waals surface area contributed by atoms with E-state index in [0.29, 0.717) is 18.2 Å². The van der Waals surface area contributed by atoms with Crippen LogP contribution in [0.4, 0.5) is 0 Å². The van der Waals surface area contributed by atoms with Crippen LogP contribution in [0.2, 0.25) is 0 Å². The van der Waals surface area contributed by atoms with Crippen molar-refractivity contribution in [2.24, 2.45) is 5.73 Å². The molecule has 2 aromatic heterocycles. The molecule has 5 nitrogen and oxygen atoms in total. The number of carbonyl (C=O) groups is 1. The van der Waals surface area contributed by atoms with E-state index in [9.17, 15) is 4.79 Å². The average molecular weight is 414 g/mol. The Morgan fingerprint density at radius 3 is 2.65 bits per heavy atom. The van der Waals surface area contributed by atoms with Gasteiger partial charge in [0.1, 0.15) is 22.9 Å². The van der Waals surface area contributed by atoms with Crippen molar-refractivity contribution in [3.8, 4) is 11.3 Å². The lowest BCUT2D eigenvalue weighted by atomic mass is 10.0. The number of amides is 1. The molecule has 1 aliphatic carbocycles. The lowest BCUT2D eigenvalue weighted by molar-refractivity contribution is 0.0990. The van der Waals surface area contributed by atoms with Crippen molar-refractivity contribution in [1.29, 1.82) is 0 Å². The van der Waals surface area contributed by atoms with Crippen LogP contribution < -0.4 is 5.73 Å². The van der Waals surface area contributed by atoms with Gasteiger partial charge in [-0.1, -0.05) is 37.3 Å². The zero-order valence-corrected chi connectivity index (χ0v) is 18.2. The Hall–Kier alpha value is -3.34. The Kier molecular flexibility index (Phi) is 4.69. The van der Waals surface area contributed by atoms with Crippen LogP contribution in [0.5, 0.6) is 0 Å². The minimum atomic E-state index is -0.392. The number of hydrogen-bond donors (Lipinski definition) is 1. The maximum absolute atomic E-state index is 12.3. The van der Waals surface area contributed by atoms with Crippen molar-refractivity contribution in [3.05, 3.63) is 76.4 Å². The second kappa shape index (κ2) is 7.41.